The molecule has 3 N–H and O–H groups in total. The molecule has 0 aromatic heterocycles. The highest BCUT2D eigenvalue weighted by Gasteiger charge is 2.24. The first-order chi connectivity index (χ1) is 9.42. The highest BCUT2D eigenvalue weighted by Crippen LogP contribution is 2.07. The second-order valence-corrected chi connectivity index (χ2v) is 4.90. The highest BCUT2D eigenvalue weighted by molar-refractivity contribution is 5.82. The van der Waals surface area contributed by atoms with Crippen LogP contribution < -0.4 is 10.6 Å². The van der Waals surface area contributed by atoms with Gasteiger partial charge >= 0.3 is 12.0 Å². The Bertz CT molecular complexity index is 299. The Hall–Kier alpha value is -1.34. The molecular formula is C13H27N3O4. The average molecular weight is 289 g/mol. The van der Waals surface area contributed by atoms with Gasteiger partial charge in [-0.05, 0) is 13.0 Å². The molecule has 1 unspecified atom stereocenters. The van der Waals surface area contributed by atoms with Crippen LogP contribution in [-0.4, -0.2) is 68.4 Å². The van der Waals surface area contributed by atoms with Crippen molar-refractivity contribution in [1.82, 2.24) is 15.5 Å². The van der Waals surface area contributed by atoms with Crippen LogP contribution in [0.1, 0.15) is 20.3 Å². The van der Waals surface area contributed by atoms with Gasteiger partial charge in [-0.15, -0.1) is 0 Å². The smallest absolute Gasteiger partial charge is 0.326 e. The third-order valence-electron chi connectivity index (χ3n) is 3.22. The van der Waals surface area contributed by atoms with Gasteiger partial charge in [0.2, 0.25) is 0 Å². The van der Waals surface area contributed by atoms with Crippen LogP contribution >= 0.6 is 0 Å². The van der Waals surface area contributed by atoms with Crippen LogP contribution in [0.3, 0.4) is 0 Å². The standard InChI is InChI=1S/C13H27N3O4/c1-5-10(2)11(12(17)18)15-13(19)14-6-7-16(3)8-9-20-4/h10-11H,5-9H2,1-4H3,(H,17,18)(H2,14,15,19)/t10?,11-/m0/s1. The lowest BCUT2D eigenvalue weighted by Crippen LogP contribution is -2.50. The van der Waals surface area contributed by atoms with Gasteiger partial charge in [0.15, 0.2) is 0 Å². The third kappa shape index (κ3) is 7.96. The van der Waals surface area contributed by atoms with Crippen LogP contribution in [-0.2, 0) is 9.53 Å². The molecule has 0 aliphatic carbocycles. The molecule has 118 valence electrons. The van der Waals surface area contributed by atoms with Gasteiger partial charge in [0.05, 0.1) is 6.61 Å². The number of aliphatic carboxylic acids is 1. The lowest BCUT2D eigenvalue weighted by molar-refractivity contribution is -0.140. The van der Waals surface area contributed by atoms with Crippen LogP contribution in [0.4, 0.5) is 4.79 Å². The van der Waals surface area contributed by atoms with Crippen molar-refractivity contribution >= 4 is 12.0 Å². The van der Waals surface area contributed by atoms with E-state index < -0.39 is 18.0 Å². The topological polar surface area (TPSA) is 90.9 Å². The molecule has 2 amide bonds. The predicted octanol–water partition coefficient (Wildman–Crippen LogP) is 0.363. The molecule has 0 fully saturated rings. The Morgan fingerprint density at radius 2 is 2.00 bits per heavy atom. The van der Waals surface area contributed by atoms with E-state index in [2.05, 4.69) is 10.6 Å². The fourth-order valence-electron chi connectivity index (χ4n) is 1.59. The van der Waals surface area contributed by atoms with Gasteiger partial charge < -0.3 is 25.4 Å². The molecule has 0 aromatic rings. The van der Waals surface area contributed by atoms with Gasteiger partial charge in [0, 0.05) is 26.7 Å². The highest BCUT2D eigenvalue weighted by atomic mass is 16.5. The monoisotopic (exact) mass is 289 g/mol. The average Bonchev–Trinajstić information content (AvgIpc) is 2.41. The van der Waals surface area contributed by atoms with E-state index in [9.17, 15) is 9.59 Å². The number of methoxy groups -OCH3 is 1. The minimum absolute atomic E-state index is 0.109. The molecule has 0 aromatic carbocycles. The number of carbonyl (C=O) groups excluding carboxylic acids is 1. The lowest BCUT2D eigenvalue weighted by Gasteiger charge is -2.21. The van der Waals surface area contributed by atoms with E-state index >= 15 is 0 Å². The Morgan fingerprint density at radius 1 is 1.35 bits per heavy atom. The number of nitrogens with zero attached hydrogens (tertiary/aromatic N) is 1. The molecule has 0 bridgehead atoms. The van der Waals surface area contributed by atoms with Crippen LogP contribution in [0.15, 0.2) is 0 Å². The summed E-state index contributed by atoms with van der Waals surface area (Å²) >= 11 is 0. The molecule has 0 spiro atoms. The number of carboxylic acids is 1. The van der Waals surface area contributed by atoms with Crippen LogP contribution in [0.5, 0.6) is 0 Å². The number of amides is 2. The molecule has 0 heterocycles. The Morgan fingerprint density at radius 3 is 2.50 bits per heavy atom. The maximum absolute atomic E-state index is 11.6. The number of carbonyl (C=O) groups is 2. The summed E-state index contributed by atoms with van der Waals surface area (Å²) in [5.74, 6) is -1.12. The van der Waals surface area contributed by atoms with Gasteiger partial charge in [0.1, 0.15) is 6.04 Å². The third-order valence-corrected chi connectivity index (χ3v) is 3.22. The molecule has 20 heavy (non-hydrogen) atoms. The second kappa shape index (κ2) is 10.4. The summed E-state index contributed by atoms with van der Waals surface area (Å²) in [5.41, 5.74) is 0. The Labute approximate surface area is 120 Å². The summed E-state index contributed by atoms with van der Waals surface area (Å²) in [6.07, 6.45) is 0.691. The maximum atomic E-state index is 11.6. The number of hydrogen-bond donors (Lipinski definition) is 3. The van der Waals surface area contributed by atoms with Crippen molar-refractivity contribution < 1.29 is 19.4 Å². The normalized spacial score (nSPS) is 13.8. The summed E-state index contributed by atoms with van der Waals surface area (Å²) < 4.78 is 4.95. The summed E-state index contributed by atoms with van der Waals surface area (Å²) in [4.78, 5) is 24.7. The number of ether oxygens (including phenoxy) is 1. The van der Waals surface area contributed by atoms with Crippen molar-refractivity contribution in [3.05, 3.63) is 0 Å². The van der Waals surface area contributed by atoms with Gasteiger partial charge in [-0.3, -0.25) is 0 Å². The first-order valence-electron chi connectivity index (χ1n) is 6.87. The van der Waals surface area contributed by atoms with Crippen LogP contribution in [0.25, 0.3) is 0 Å². The quantitative estimate of drug-likeness (QED) is 0.540. The summed E-state index contributed by atoms with van der Waals surface area (Å²) in [7, 11) is 3.57. The molecule has 2 atom stereocenters. The van der Waals surface area contributed by atoms with Crippen LogP contribution in [0.2, 0.25) is 0 Å². The molecule has 7 heteroatoms. The number of urea groups is 1. The largest absolute Gasteiger partial charge is 0.480 e. The molecule has 0 radical (unpaired) electrons. The van der Waals surface area contributed by atoms with Crippen molar-refractivity contribution in [2.45, 2.75) is 26.3 Å². The Balaban J connectivity index is 3.99. The molecule has 0 rings (SSSR count). The lowest BCUT2D eigenvalue weighted by atomic mass is 9.99. The molecule has 7 nitrogen and oxygen atoms in total. The van der Waals surface area contributed by atoms with E-state index in [1.54, 1.807) is 14.0 Å². The van der Waals surface area contributed by atoms with Crippen molar-refractivity contribution in [3.63, 3.8) is 0 Å². The van der Waals surface area contributed by atoms with Crippen molar-refractivity contribution in [1.29, 1.82) is 0 Å². The minimum atomic E-state index is -1.01. The van der Waals surface area contributed by atoms with Gasteiger partial charge in [-0.25, -0.2) is 9.59 Å². The van der Waals surface area contributed by atoms with E-state index in [4.69, 9.17) is 9.84 Å². The predicted molar refractivity (Wildman–Crippen MR) is 76.8 cm³/mol. The van der Waals surface area contributed by atoms with E-state index in [1.807, 2.05) is 18.9 Å². The zero-order valence-electron chi connectivity index (χ0n) is 12.8. The molecule has 0 saturated heterocycles. The van der Waals surface area contributed by atoms with E-state index in [1.165, 1.54) is 0 Å². The number of carboxylic acid groups (broad SMARTS) is 1. The summed E-state index contributed by atoms with van der Waals surface area (Å²) in [6, 6.07) is -1.30. The number of likely N-dealkylation sites (N-methyl/N-ethyl adjacent to an activating group) is 1. The first-order valence-corrected chi connectivity index (χ1v) is 6.87. The minimum Gasteiger partial charge on any atom is -0.480 e. The van der Waals surface area contributed by atoms with E-state index in [0.29, 0.717) is 26.1 Å². The summed E-state index contributed by atoms with van der Waals surface area (Å²) in [5, 5.41) is 14.2. The van der Waals surface area contributed by atoms with E-state index in [0.717, 1.165) is 6.54 Å². The zero-order chi connectivity index (χ0) is 15.5. The fraction of sp³-hybridized carbons (Fsp3) is 0.846. The van der Waals surface area contributed by atoms with Gasteiger partial charge in [-0.2, -0.15) is 0 Å². The Kier molecular flexibility index (Phi) is 9.75. The zero-order valence-corrected chi connectivity index (χ0v) is 12.8. The SMILES string of the molecule is CCC(C)[C@H](NC(=O)NCCN(C)CCOC)C(=O)O. The number of rotatable bonds is 10. The molecular weight excluding hydrogens is 262 g/mol. The first kappa shape index (κ1) is 18.7. The second-order valence-electron chi connectivity index (χ2n) is 4.90. The molecule has 0 saturated carbocycles. The molecule has 0 aliphatic rings. The van der Waals surface area contributed by atoms with Crippen molar-refractivity contribution in [2.75, 3.05) is 40.4 Å². The number of nitrogens with one attached hydrogen (secondary N) is 2. The number of hydrogen-bond acceptors (Lipinski definition) is 4. The fourth-order valence-corrected chi connectivity index (χ4v) is 1.59. The van der Waals surface area contributed by atoms with Gasteiger partial charge in [0.25, 0.3) is 0 Å². The maximum Gasteiger partial charge on any atom is 0.326 e. The van der Waals surface area contributed by atoms with Crippen LogP contribution in [0, 0.1) is 5.92 Å². The van der Waals surface area contributed by atoms with Crippen molar-refractivity contribution in [2.24, 2.45) is 5.92 Å². The van der Waals surface area contributed by atoms with E-state index in [-0.39, 0.29) is 5.92 Å². The summed E-state index contributed by atoms with van der Waals surface area (Å²) in [6.45, 7) is 6.25. The van der Waals surface area contributed by atoms with Gasteiger partial charge in [-0.1, -0.05) is 20.3 Å². The van der Waals surface area contributed by atoms with Crippen molar-refractivity contribution in [3.8, 4) is 0 Å². The molecule has 0 aliphatic heterocycles.